The number of carbonyl (C=O) groups is 1. The van der Waals surface area contributed by atoms with Crippen molar-refractivity contribution in [3.63, 3.8) is 0 Å². The van der Waals surface area contributed by atoms with Crippen LogP contribution in [0.3, 0.4) is 0 Å². The lowest BCUT2D eigenvalue weighted by Crippen LogP contribution is -2.54. The van der Waals surface area contributed by atoms with E-state index in [1.54, 1.807) is 0 Å². The van der Waals surface area contributed by atoms with Crippen LogP contribution in [0.1, 0.15) is 23.6 Å². The van der Waals surface area contributed by atoms with Gasteiger partial charge in [-0.2, -0.15) is 0 Å². The van der Waals surface area contributed by atoms with E-state index < -0.39 is 0 Å². The van der Waals surface area contributed by atoms with Crippen LogP contribution in [0.25, 0.3) is 0 Å². The van der Waals surface area contributed by atoms with Gasteiger partial charge in [-0.05, 0) is 43.5 Å². The Bertz CT molecular complexity index is 736. The number of nitrogens with zero attached hydrogens (tertiary/aromatic N) is 2. The molecule has 138 valence electrons. The van der Waals surface area contributed by atoms with Crippen molar-refractivity contribution in [1.82, 2.24) is 10.2 Å². The third-order valence-electron chi connectivity index (χ3n) is 5.47. The molecule has 1 aliphatic heterocycles. The average molecular weight is 351 g/mol. The van der Waals surface area contributed by atoms with E-state index in [0.29, 0.717) is 6.54 Å². The zero-order valence-electron chi connectivity index (χ0n) is 16.0. The molecule has 0 aliphatic carbocycles. The molecule has 1 unspecified atom stereocenters. The molecule has 1 atom stereocenters. The van der Waals surface area contributed by atoms with Crippen molar-refractivity contribution in [1.29, 1.82) is 0 Å². The van der Waals surface area contributed by atoms with Gasteiger partial charge < -0.3 is 10.2 Å². The maximum Gasteiger partial charge on any atom is 0.237 e. The minimum Gasteiger partial charge on any atom is -0.369 e. The molecule has 1 aliphatic rings. The van der Waals surface area contributed by atoms with Gasteiger partial charge in [0, 0.05) is 38.4 Å². The number of rotatable bonds is 5. The normalized spacial score (nSPS) is 16.3. The monoisotopic (exact) mass is 351 g/mol. The molecule has 3 rings (SSSR count). The van der Waals surface area contributed by atoms with Gasteiger partial charge in [0.1, 0.15) is 0 Å². The summed E-state index contributed by atoms with van der Waals surface area (Å²) in [4.78, 5) is 17.2. The highest BCUT2D eigenvalue weighted by molar-refractivity contribution is 5.81. The van der Waals surface area contributed by atoms with Crippen LogP contribution < -0.4 is 10.2 Å². The zero-order chi connectivity index (χ0) is 18.5. The van der Waals surface area contributed by atoms with Gasteiger partial charge >= 0.3 is 0 Å². The minimum atomic E-state index is -0.0977. The number of amides is 1. The van der Waals surface area contributed by atoms with Gasteiger partial charge in [0.2, 0.25) is 5.91 Å². The summed E-state index contributed by atoms with van der Waals surface area (Å²) in [5.41, 5.74) is 5.15. The highest BCUT2D eigenvalue weighted by atomic mass is 16.2. The molecule has 0 saturated carbocycles. The number of hydrogen-bond donors (Lipinski definition) is 1. The Balaban J connectivity index is 1.52. The Hall–Kier alpha value is -2.33. The van der Waals surface area contributed by atoms with Crippen molar-refractivity contribution >= 4 is 11.6 Å². The Morgan fingerprint density at radius 3 is 2.38 bits per heavy atom. The molecule has 0 spiro atoms. The summed E-state index contributed by atoms with van der Waals surface area (Å²) in [7, 11) is 0. The van der Waals surface area contributed by atoms with Crippen LogP contribution in [0.15, 0.2) is 48.5 Å². The average Bonchev–Trinajstić information content (AvgIpc) is 2.68. The van der Waals surface area contributed by atoms with E-state index in [1.165, 1.54) is 16.8 Å². The molecular formula is C22H29N3O. The Kier molecular flexibility index (Phi) is 5.94. The Labute approximate surface area is 156 Å². The van der Waals surface area contributed by atoms with Crippen molar-refractivity contribution in [2.45, 2.75) is 33.4 Å². The fourth-order valence-corrected chi connectivity index (χ4v) is 3.53. The van der Waals surface area contributed by atoms with Gasteiger partial charge in [-0.25, -0.2) is 0 Å². The van der Waals surface area contributed by atoms with Crippen molar-refractivity contribution in [3.05, 3.63) is 65.2 Å². The molecule has 1 fully saturated rings. The standard InChI is InChI=1S/C22H29N3O/c1-17-8-7-11-21(18(17)2)25-14-12-24(13-15-25)19(3)22(26)23-16-20-9-5-4-6-10-20/h4-11,19H,12-16H2,1-3H3,(H,23,26). The highest BCUT2D eigenvalue weighted by Crippen LogP contribution is 2.24. The fraction of sp³-hybridized carbons (Fsp3) is 0.409. The van der Waals surface area contributed by atoms with E-state index in [-0.39, 0.29) is 11.9 Å². The number of nitrogens with one attached hydrogen (secondary N) is 1. The molecule has 2 aromatic carbocycles. The highest BCUT2D eigenvalue weighted by Gasteiger charge is 2.26. The van der Waals surface area contributed by atoms with E-state index in [1.807, 2.05) is 37.3 Å². The van der Waals surface area contributed by atoms with Gasteiger partial charge in [0.25, 0.3) is 0 Å². The summed E-state index contributed by atoms with van der Waals surface area (Å²) in [6.45, 7) is 10.7. The van der Waals surface area contributed by atoms with E-state index >= 15 is 0 Å². The number of aryl methyl sites for hydroxylation is 1. The molecule has 4 nitrogen and oxygen atoms in total. The number of carbonyl (C=O) groups excluding carboxylic acids is 1. The summed E-state index contributed by atoms with van der Waals surface area (Å²) in [5, 5.41) is 3.06. The third kappa shape index (κ3) is 4.25. The molecule has 1 saturated heterocycles. The lowest BCUT2D eigenvalue weighted by atomic mass is 10.1. The van der Waals surface area contributed by atoms with Crippen molar-refractivity contribution < 1.29 is 4.79 Å². The first-order valence-corrected chi connectivity index (χ1v) is 9.43. The summed E-state index contributed by atoms with van der Waals surface area (Å²) >= 11 is 0. The summed E-state index contributed by atoms with van der Waals surface area (Å²) < 4.78 is 0. The first-order chi connectivity index (χ1) is 12.6. The second-order valence-electron chi connectivity index (χ2n) is 7.12. The van der Waals surface area contributed by atoms with Gasteiger partial charge in [-0.3, -0.25) is 9.69 Å². The van der Waals surface area contributed by atoms with Crippen LogP contribution in [0.2, 0.25) is 0 Å². The summed E-state index contributed by atoms with van der Waals surface area (Å²) in [6.07, 6.45) is 0. The SMILES string of the molecule is Cc1cccc(N2CCN(C(C)C(=O)NCc3ccccc3)CC2)c1C. The second kappa shape index (κ2) is 8.37. The van der Waals surface area contributed by atoms with Crippen LogP contribution in [-0.4, -0.2) is 43.0 Å². The molecular weight excluding hydrogens is 322 g/mol. The van der Waals surface area contributed by atoms with Crippen molar-refractivity contribution in [2.24, 2.45) is 0 Å². The van der Waals surface area contributed by atoms with Crippen LogP contribution in [0, 0.1) is 13.8 Å². The molecule has 1 N–H and O–H groups in total. The molecule has 0 bridgehead atoms. The predicted molar refractivity (Wildman–Crippen MR) is 107 cm³/mol. The smallest absolute Gasteiger partial charge is 0.237 e. The summed E-state index contributed by atoms with van der Waals surface area (Å²) in [5.74, 6) is 0.106. The van der Waals surface area contributed by atoms with Crippen molar-refractivity contribution in [2.75, 3.05) is 31.1 Å². The zero-order valence-corrected chi connectivity index (χ0v) is 16.0. The summed E-state index contributed by atoms with van der Waals surface area (Å²) in [6, 6.07) is 16.4. The lowest BCUT2D eigenvalue weighted by Gasteiger charge is -2.39. The van der Waals surface area contributed by atoms with Crippen LogP contribution in [0.4, 0.5) is 5.69 Å². The van der Waals surface area contributed by atoms with E-state index in [9.17, 15) is 4.79 Å². The first kappa shape index (κ1) is 18.5. The van der Waals surface area contributed by atoms with Crippen LogP contribution in [-0.2, 0) is 11.3 Å². The maximum absolute atomic E-state index is 12.5. The number of benzene rings is 2. The number of piperazine rings is 1. The molecule has 1 heterocycles. The van der Waals surface area contributed by atoms with E-state index in [4.69, 9.17) is 0 Å². The fourth-order valence-electron chi connectivity index (χ4n) is 3.53. The molecule has 4 heteroatoms. The Morgan fingerprint density at radius 1 is 1.00 bits per heavy atom. The number of hydrogen-bond acceptors (Lipinski definition) is 3. The third-order valence-corrected chi connectivity index (χ3v) is 5.47. The number of anilines is 1. The first-order valence-electron chi connectivity index (χ1n) is 9.43. The minimum absolute atomic E-state index is 0.0977. The quantitative estimate of drug-likeness (QED) is 0.899. The maximum atomic E-state index is 12.5. The van der Waals surface area contributed by atoms with Crippen molar-refractivity contribution in [3.8, 4) is 0 Å². The van der Waals surface area contributed by atoms with Gasteiger partial charge in [0.15, 0.2) is 0 Å². The lowest BCUT2D eigenvalue weighted by molar-refractivity contribution is -0.126. The second-order valence-corrected chi connectivity index (χ2v) is 7.12. The molecule has 2 aromatic rings. The Morgan fingerprint density at radius 2 is 1.69 bits per heavy atom. The van der Waals surface area contributed by atoms with Gasteiger partial charge in [0.05, 0.1) is 6.04 Å². The van der Waals surface area contributed by atoms with E-state index in [2.05, 4.69) is 47.2 Å². The van der Waals surface area contributed by atoms with Gasteiger partial charge in [-0.1, -0.05) is 42.5 Å². The molecule has 0 aromatic heterocycles. The molecule has 0 radical (unpaired) electrons. The molecule has 26 heavy (non-hydrogen) atoms. The van der Waals surface area contributed by atoms with E-state index in [0.717, 1.165) is 31.7 Å². The predicted octanol–water partition coefficient (Wildman–Crippen LogP) is 3.13. The van der Waals surface area contributed by atoms with Crippen LogP contribution >= 0.6 is 0 Å². The van der Waals surface area contributed by atoms with Crippen LogP contribution in [0.5, 0.6) is 0 Å². The van der Waals surface area contributed by atoms with Gasteiger partial charge in [-0.15, -0.1) is 0 Å². The largest absolute Gasteiger partial charge is 0.369 e. The topological polar surface area (TPSA) is 35.6 Å². The molecule has 1 amide bonds.